The number of aromatic nitrogens is 1. The molecule has 35 heavy (non-hydrogen) atoms. The lowest BCUT2D eigenvalue weighted by Crippen LogP contribution is -2.48. The maximum atomic E-state index is 12.8. The molecule has 2 aliphatic carbocycles. The Kier molecular flexibility index (Phi) is 6.95. The largest absolute Gasteiger partial charge is 0.493 e. The molecule has 0 atom stereocenters. The molecule has 2 aromatic rings. The van der Waals surface area contributed by atoms with Crippen LogP contribution in [0.25, 0.3) is 0 Å². The van der Waals surface area contributed by atoms with Crippen LogP contribution in [0.1, 0.15) is 60.5 Å². The van der Waals surface area contributed by atoms with Crippen molar-refractivity contribution in [2.45, 2.75) is 44.4 Å². The van der Waals surface area contributed by atoms with E-state index >= 15 is 0 Å². The molecule has 3 aliphatic rings. The Balaban J connectivity index is 1.17. The third-order valence-electron chi connectivity index (χ3n) is 7.61. The monoisotopic (exact) mass is 478 g/mol. The summed E-state index contributed by atoms with van der Waals surface area (Å²) in [5.41, 5.74) is 3.34. The smallest absolute Gasteiger partial charge is 0.272 e. The van der Waals surface area contributed by atoms with Crippen molar-refractivity contribution in [2.75, 3.05) is 40.0 Å². The Morgan fingerprint density at radius 2 is 1.94 bits per heavy atom. The second-order valence-corrected chi connectivity index (χ2v) is 9.93. The number of hydrogen-bond acceptors (Lipinski definition) is 6. The quantitative estimate of drug-likeness (QED) is 0.540. The number of pyridine rings is 1. The maximum absolute atomic E-state index is 12.8. The molecule has 7 heteroatoms. The number of nitrogens with zero attached hydrogens (tertiary/aromatic N) is 2. The average Bonchev–Trinajstić information content (AvgIpc) is 3.50. The predicted molar refractivity (Wildman–Crippen MR) is 132 cm³/mol. The lowest BCUT2D eigenvalue weighted by molar-refractivity contribution is 0.0595. The third kappa shape index (κ3) is 5.15. The summed E-state index contributed by atoms with van der Waals surface area (Å²) in [7, 11) is 1.67. The fourth-order valence-corrected chi connectivity index (χ4v) is 5.60. The number of methoxy groups -OCH3 is 1. The summed E-state index contributed by atoms with van der Waals surface area (Å²) >= 11 is 0. The van der Waals surface area contributed by atoms with E-state index in [1.165, 1.54) is 37.7 Å². The first-order valence-corrected chi connectivity index (χ1v) is 12.6. The number of hydrogen-bond donors (Lipinski definition) is 1. The van der Waals surface area contributed by atoms with Gasteiger partial charge in [-0.25, -0.2) is 0 Å². The zero-order valence-electron chi connectivity index (χ0n) is 20.4. The van der Waals surface area contributed by atoms with Crippen LogP contribution in [0.2, 0.25) is 0 Å². The second kappa shape index (κ2) is 10.3. The highest BCUT2D eigenvalue weighted by molar-refractivity contribution is 5.93. The Hall–Kier alpha value is -3.06. The van der Waals surface area contributed by atoms with Crippen molar-refractivity contribution in [1.82, 2.24) is 9.88 Å². The summed E-state index contributed by atoms with van der Waals surface area (Å²) in [5, 5.41) is 8.92. The Bertz CT molecular complexity index is 1090. The minimum absolute atomic E-state index is 0.0781. The molecule has 1 saturated heterocycles. The number of amides is 1. The Morgan fingerprint density at radius 3 is 2.71 bits per heavy atom. The molecular weight excluding hydrogens is 444 g/mol. The number of likely N-dealkylation sites (tertiary alicyclic amines) is 1. The molecule has 2 fully saturated rings. The molecule has 2 heterocycles. The predicted octanol–water partition coefficient (Wildman–Crippen LogP) is 4.36. The number of carbonyl (C=O) groups excluding carboxylic acids is 1. The highest BCUT2D eigenvalue weighted by Crippen LogP contribution is 2.48. The van der Waals surface area contributed by atoms with Crippen molar-refractivity contribution in [3.8, 4) is 17.2 Å². The number of aliphatic hydroxyl groups excluding tert-OH is 1. The number of rotatable bonds is 9. The van der Waals surface area contributed by atoms with E-state index < -0.39 is 0 Å². The van der Waals surface area contributed by atoms with Crippen molar-refractivity contribution < 1.29 is 24.1 Å². The Labute approximate surface area is 206 Å². The lowest BCUT2D eigenvalue weighted by atomic mass is 9.86. The number of carbonyl (C=O) groups is 1. The lowest BCUT2D eigenvalue weighted by Gasteiger charge is -2.39. The summed E-state index contributed by atoms with van der Waals surface area (Å²) in [6.07, 6.45) is 11.8. The summed E-state index contributed by atoms with van der Waals surface area (Å²) in [6.45, 7) is 1.98. The summed E-state index contributed by atoms with van der Waals surface area (Å²) < 4.78 is 17.2. The van der Waals surface area contributed by atoms with Gasteiger partial charge in [0.05, 0.1) is 13.7 Å². The van der Waals surface area contributed by atoms with Gasteiger partial charge in [0, 0.05) is 31.3 Å². The molecule has 0 unspecified atom stereocenters. The molecule has 0 bridgehead atoms. The van der Waals surface area contributed by atoms with Crippen LogP contribution in [0.3, 0.4) is 0 Å². The number of allylic oxidation sites excluding steroid dienone is 1. The van der Waals surface area contributed by atoms with E-state index in [1.807, 2.05) is 12.1 Å². The maximum Gasteiger partial charge on any atom is 0.272 e. The molecule has 1 saturated carbocycles. The van der Waals surface area contributed by atoms with Crippen LogP contribution in [0.15, 0.2) is 48.2 Å². The number of ether oxygens (including phenoxy) is 3. The van der Waals surface area contributed by atoms with Crippen LogP contribution in [-0.4, -0.2) is 60.9 Å². The van der Waals surface area contributed by atoms with E-state index in [9.17, 15) is 4.79 Å². The van der Waals surface area contributed by atoms with Crippen molar-refractivity contribution in [1.29, 1.82) is 0 Å². The summed E-state index contributed by atoms with van der Waals surface area (Å²) in [6, 6.07) is 9.40. The summed E-state index contributed by atoms with van der Waals surface area (Å²) in [5.74, 6) is 2.15. The van der Waals surface area contributed by atoms with Gasteiger partial charge in [-0.2, -0.15) is 0 Å². The van der Waals surface area contributed by atoms with E-state index in [0.29, 0.717) is 36.6 Å². The second-order valence-electron chi connectivity index (χ2n) is 9.93. The van der Waals surface area contributed by atoms with Gasteiger partial charge >= 0.3 is 0 Å². The highest BCUT2D eigenvalue weighted by Gasteiger charge is 2.36. The van der Waals surface area contributed by atoms with Crippen LogP contribution in [-0.2, 0) is 0 Å². The molecular formula is C28H34N2O5. The average molecular weight is 479 g/mol. The zero-order valence-corrected chi connectivity index (χ0v) is 20.4. The first kappa shape index (κ1) is 23.7. The van der Waals surface area contributed by atoms with E-state index in [2.05, 4.69) is 17.1 Å². The van der Waals surface area contributed by atoms with Crippen molar-refractivity contribution in [2.24, 2.45) is 5.41 Å². The fraction of sp³-hybridized carbons (Fsp3) is 0.500. The number of aliphatic hydroxyl groups is 1. The van der Waals surface area contributed by atoms with E-state index in [-0.39, 0.29) is 25.0 Å². The van der Waals surface area contributed by atoms with Crippen LogP contribution in [0.4, 0.5) is 0 Å². The number of benzene rings is 1. The van der Waals surface area contributed by atoms with Gasteiger partial charge in [0.2, 0.25) is 0 Å². The van der Waals surface area contributed by atoms with Gasteiger partial charge in [-0.15, -0.1) is 0 Å². The third-order valence-corrected chi connectivity index (χ3v) is 7.61. The van der Waals surface area contributed by atoms with E-state index in [4.69, 9.17) is 19.3 Å². The van der Waals surface area contributed by atoms with Crippen molar-refractivity contribution in [3.05, 3.63) is 59.4 Å². The standard InChI is InChI=1S/C28H34N2O5/c1-33-26-14-21(4-5-25(26)35-19-20-6-10-28(16-20)8-2-3-9-28)22-17-30(18-22)27(32)24-15-23(7-11-29-24)34-13-12-31/h4-5,7,11,14-16,22,31H,2-3,6,8-10,12-13,17-19H2,1H3. The van der Waals surface area contributed by atoms with Gasteiger partial charge < -0.3 is 24.2 Å². The molecule has 1 N–H and O–H groups in total. The molecule has 1 aliphatic heterocycles. The molecule has 1 spiro atoms. The fourth-order valence-electron chi connectivity index (χ4n) is 5.60. The molecule has 0 radical (unpaired) electrons. The van der Waals surface area contributed by atoms with E-state index in [0.717, 1.165) is 23.5 Å². The molecule has 1 aromatic heterocycles. The van der Waals surface area contributed by atoms with Gasteiger partial charge in [0.25, 0.3) is 5.91 Å². The Morgan fingerprint density at radius 1 is 1.11 bits per heavy atom. The van der Waals surface area contributed by atoms with Crippen LogP contribution >= 0.6 is 0 Å². The molecule has 5 rings (SSSR count). The molecule has 1 amide bonds. The van der Waals surface area contributed by atoms with E-state index in [1.54, 1.807) is 30.3 Å². The van der Waals surface area contributed by atoms with Crippen LogP contribution in [0.5, 0.6) is 17.2 Å². The van der Waals surface area contributed by atoms with Gasteiger partial charge in [0.1, 0.15) is 24.7 Å². The zero-order chi connectivity index (χ0) is 24.3. The minimum atomic E-state index is -0.118. The van der Waals surface area contributed by atoms with Crippen LogP contribution in [0, 0.1) is 5.41 Å². The van der Waals surface area contributed by atoms with Crippen molar-refractivity contribution in [3.63, 3.8) is 0 Å². The first-order valence-electron chi connectivity index (χ1n) is 12.6. The minimum Gasteiger partial charge on any atom is -0.493 e. The molecule has 7 nitrogen and oxygen atoms in total. The first-order chi connectivity index (χ1) is 17.1. The normalized spacial score (nSPS) is 18.9. The molecule has 1 aromatic carbocycles. The van der Waals surface area contributed by atoms with Gasteiger partial charge in [-0.05, 0) is 60.4 Å². The summed E-state index contributed by atoms with van der Waals surface area (Å²) in [4.78, 5) is 18.8. The molecule has 186 valence electrons. The SMILES string of the molecule is COc1cc(C2CN(C(=O)c3cc(OCCO)ccn3)C2)ccc1OCC1=CC2(CCCC2)CC1. The van der Waals surface area contributed by atoms with Crippen LogP contribution < -0.4 is 14.2 Å². The van der Waals surface area contributed by atoms with Crippen molar-refractivity contribution >= 4 is 5.91 Å². The van der Waals surface area contributed by atoms with Gasteiger partial charge in [-0.3, -0.25) is 9.78 Å². The topological polar surface area (TPSA) is 81.1 Å². The van der Waals surface area contributed by atoms with Gasteiger partial charge in [-0.1, -0.05) is 25.0 Å². The van der Waals surface area contributed by atoms with Gasteiger partial charge in [0.15, 0.2) is 11.5 Å². The highest BCUT2D eigenvalue weighted by atomic mass is 16.5.